The van der Waals surface area contributed by atoms with E-state index in [1.54, 1.807) is 36.4 Å². The van der Waals surface area contributed by atoms with Crippen molar-refractivity contribution in [3.63, 3.8) is 0 Å². The van der Waals surface area contributed by atoms with E-state index < -0.39 is 0 Å². The van der Waals surface area contributed by atoms with Gasteiger partial charge in [0.15, 0.2) is 5.78 Å². The Labute approximate surface area is 144 Å². The van der Waals surface area contributed by atoms with E-state index in [1.165, 1.54) is 0 Å². The number of ketones is 1. The number of Topliss-reactive ketones (excluding diaryl/α,β-unsaturated/α-hetero) is 1. The van der Waals surface area contributed by atoms with Gasteiger partial charge < -0.3 is 9.88 Å². The van der Waals surface area contributed by atoms with Crippen LogP contribution in [-0.4, -0.2) is 22.8 Å². The lowest BCUT2D eigenvalue weighted by molar-refractivity contribution is 0.0904. The molecular formula is C19H15ClN2O2. The second-order valence-corrected chi connectivity index (χ2v) is 5.69. The number of rotatable bonds is 5. The number of nitrogens with one attached hydrogen (secondary N) is 1. The molecule has 24 heavy (non-hydrogen) atoms. The number of halogens is 1. The Kier molecular flexibility index (Phi) is 4.77. The van der Waals surface area contributed by atoms with Gasteiger partial charge in [-0.05, 0) is 48.5 Å². The highest BCUT2D eigenvalue weighted by Crippen LogP contribution is 2.12. The van der Waals surface area contributed by atoms with Crippen molar-refractivity contribution in [3.05, 3.63) is 89.2 Å². The van der Waals surface area contributed by atoms with Crippen molar-refractivity contribution in [2.45, 2.75) is 0 Å². The Bertz CT molecular complexity index is 855. The monoisotopic (exact) mass is 338 g/mol. The van der Waals surface area contributed by atoms with Gasteiger partial charge in [-0.2, -0.15) is 0 Å². The first-order valence-electron chi connectivity index (χ1n) is 7.44. The van der Waals surface area contributed by atoms with Crippen molar-refractivity contribution in [2.24, 2.45) is 0 Å². The van der Waals surface area contributed by atoms with Crippen LogP contribution in [0.15, 0.2) is 73.1 Å². The molecule has 1 aromatic heterocycles. The first-order valence-corrected chi connectivity index (χ1v) is 7.82. The van der Waals surface area contributed by atoms with Crippen molar-refractivity contribution in [1.29, 1.82) is 0 Å². The summed E-state index contributed by atoms with van der Waals surface area (Å²) in [6.45, 7) is -0.0709. The summed E-state index contributed by atoms with van der Waals surface area (Å²) in [4.78, 5) is 24.2. The lowest BCUT2D eigenvalue weighted by Crippen LogP contribution is -2.29. The molecule has 0 aliphatic carbocycles. The van der Waals surface area contributed by atoms with Gasteiger partial charge in [0.25, 0.3) is 5.91 Å². The maximum Gasteiger partial charge on any atom is 0.251 e. The number of benzene rings is 2. The molecule has 2 aromatic carbocycles. The van der Waals surface area contributed by atoms with Gasteiger partial charge in [-0.15, -0.1) is 0 Å². The Morgan fingerprint density at radius 2 is 1.62 bits per heavy atom. The van der Waals surface area contributed by atoms with Crippen LogP contribution in [-0.2, 0) is 0 Å². The second kappa shape index (κ2) is 7.15. The van der Waals surface area contributed by atoms with Crippen molar-refractivity contribution < 1.29 is 9.59 Å². The molecular weight excluding hydrogens is 324 g/mol. The van der Waals surface area contributed by atoms with Crippen molar-refractivity contribution in [3.8, 4) is 5.69 Å². The SMILES string of the molecule is O=C(CNC(=O)c1ccc(-n2cccc2)cc1)c1cccc(Cl)c1. The van der Waals surface area contributed by atoms with Gasteiger partial charge in [0.2, 0.25) is 0 Å². The Morgan fingerprint density at radius 1 is 0.917 bits per heavy atom. The van der Waals surface area contributed by atoms with Gasteiger partial charge in [-0.1, -0.05) is 23.7 Å². The molecule has 0 atom stereocenters. The summed E-state index contributed by atoms with van der Waals surface area (Å²) in [7, 11) is 0. The van der Waals surface area contributed by atoms with Gasteiger partial charge in [0.1, 0.15) is 0 Å². The molecule has 0 unspecified atom stereocenters. The summed E-state index contributed by atoms with van der Waals surface area (Å²) in [5, 5.41) is 3.13. The molecule has 1 heterocycles. The maximum atomic E-state index is 12.1. The predicted octanol–water partition coefficient (Wildman–Crippen LogP) is 3.74. The Balaban J connectivity index is 1.62. The highest BCUT2D eigenvalue weighted by molar-refractivity contribution is 6.31. The maximum absolute atomic E-state index is 12.1. The van der Waals surface area contributed by atoms with Crippen LogP contribution < -0.4 is 5.32 Å². The van der Waals surface area contributed by atoms with Crippen LogP contribution in [0.2, 0.25) is 5.02 Å². The quantitative estimate of drug-likeness (QED) is 0.720. The second-order valence-electron chi connectivity index (χ2n) is 5.25. The first-order chi connectivity index (χ1) is 11.6. The fourth-order valence-electron chi connectivity index (χ4n) is 2.32. The van der Waals surface area contributed by atoms with E-state index in [4.69, 9.17) is 11.6 Å². The van der Waals surface area contributed by atoms with Crippen LogP contribution in [0.25, 0.3) is 5.69 Å². The van der Waals surface area contributed by atoms with Crippen molar-refractivity contribution in [1.82, 2.24) is 9.88 Å². The molecule has 3 rings (SSSR count). The topological polar surface area (TPSA) is 51.1 Å². The minimum absolute atomic E-state index is 0.0709. The van der Waals surface area contributed by atoms with Gasteiger partial charge in [0.05, 0.1) is 6.54 Å². The lowest BCUT2D eigenvalue weighted by Gasteiger charge is -2.07. The smallest absolute Gasteiger partial charge is 0.251 e. The average molecular weight is 339 g/mol. The normalized spacial score (nSPS) is 10.4. The Morgan fingerprint density at radius 3 is 2.29 bits per heavy atom. The van der Waals surface area contributed by atoms with Crippen LogP contribution in [0.3, 0.4) is 0 Å². The molecule has 0 saturated heterocycles. The molecule has 0 bridgehead atoms. The molecule has 1 N–H and O–H groups in total. The number of hydrogen-bond donors (Lipinski definition) is 1. The number of amides is 1. The minimum Gasteiger partial charge on any atom is -0.345 e. The summed E-state index contributed by atoms with van der Waals surface area (Å²) in [5.74, 6) is -0.473. The average Bonchev–Trinajstić information content (AvgIpc) is 3.14. The molecule has 4 nitrogen and oxygen atoms in total. The third-order valence-corrected chi connectivity index (χ3v) is 3.82. The van der Waals surface area contributed by atoms with E-state index in [9.17, 15) is 9.59 Å². The van der Waals surface area contributed by atoms with E-state index >= 15 is 0 Å². The highest BCUT2D eigenvalue weighted by atomic mass is 35.5. The van der Waals surface area contributed by atoms with Gasteiger partial charge in [0, 0.05) is 34.2 Å². The zero-order valence-corrected chi connectivity index (χ0v) is 13.5. The number of hydrogen-bond acceptors (Lipinski definition) is 2. The third-order valence-electron chi connectivity index (χ3n) is 3.59. The molecule has 120 valence electrons. The lowest BCUT2D eigenvalue weighted by atomic mass is 10.1. The van der Waals surface area contributed by atoms with E-state index in [1.807, 2.05) is 41.2 Å². The molecule has 0 saturated carbocycles. The third kappa shape index (κ3) is 3.73. The van der Waals surface area contributed by atoms with E-state index in [2.05, 4.69) is 5.32 Å². The number of nitrogens with zero attached hydrogens (tertiary/aromatic N) is 1. The number of carbonyl (C=O) groups excluding carboxylic acids is 2. The fourth-order valence-corrected chi connectivity index (χ4v) is 2.51. The largest absolute Gasteiger partial charge is 0.345 e. The van der Waals surface area contributed by atoms with Crippen LogP contribution in [0.4, 0.5) is 0 Å². The standard InChI is InChI=1S/C19H15ClN2O2/c20-16-5-3-4-15(12-16)18(23)13-21-19(24)14-6-8-17(9-7-14)22-10-1-2-11-22/h1-12H,13H2,(H,21,24). The van der Waals surface area contributed by atoms with Gasteiger partial charge in [-0.25, -0.2) is 0 Å². The van der Waals surface area contributed by atoms with Crippen molar-refractivity contribution in [2.75, 3.05) is 6.54 Å². The molecule has 0 spiro atoms. The van der Waals surface area contributed by atoms with E-state index in [-0.39, 0.29) is 18.2 Å². The summed E-state index contributed by atoms with van der Waals surface area (Å²) < 4.78 is 1.95. The molecule has 0 aliphatic rings. The van der Waals surface area contributed by atoms with Gasteiger partial charge >= 0.3 is 0 Å². The molecule has 3 aromatic rings. The van der Waals surface area contributed by atoms with E-state index in [0.29, 0.717) is 16.1 Å². The molecule has 1 amide bonds. The Hall–Kier alpha value is -2.85. The number of carbonyl (C=O) groups is 2. The summed E-state index contributed by atoms with van der Waals surface area (Å²) in [6, 6.07) is 17.7. The van der Waals surface area contributed by atoms with Crippen LogP contribution >= 0.6 is 11.6 Å². The highest BCUT2D eigenvalue weighted by Gasteiger charge is 2.10. The van der Waals surface area contributed by atoms with Crippen LogP contribution in [0, 0.1) is 0 Å². The minimum atomic E-state index is -0.288. The molecule has 0 aliphatic heterocycles. The van der Waals surface area contributed by atoms with Crippen LogP contribution in [0.1, 0.15) is 20.7 Å². The van der Waals surface area contributed by atoms with Crippen LogP contribution in [0.5, 0.6) is 0 Å². The first kappa shape index (κ1) is 16.0. The molecule has 0 fully saturated rings. The van der Waals surface area contributed by atoms with Gasteiger partial charge in [-0.3, -0.25) is 9.59 Å². The van der Waals surface area contributed by atoms with E-state index in [0.717, 1.165) is 5.69 Å². The summed E-state index contributed by atoms with van der Waals surface area (Å²) in [5.41, 5.74) is 1.95. The zero-order chi connectivity index (χ0) is 16.9. The molecule has 0 radical (unpaired) electrons. The zero-order valence-electron chi connectivity index (χ0n) is 12.8. The summed E-state index contributed by atoms with van der Waals surface area (Å²) in [6.07, 6.45) is 3.86. The number of aromatic nitrogens is 1. The fraction of sp³-hybridized carbons (Fsp3) is 0.0526. The predicted molar refractivity (Wildman–Crippen MR) is 93.9 cm³/mol. The summed E-state index contributed by atoms with van der Waals surface area (Å²) >= 11 is 5.86. The molecule has 5 heteroatoms. The van der Waals surface area contributed by atoms with Crippen molar-refractivity contribution >= 4 is 23.3 Å².